The van der Waals surface area contributed by atoms with E-state index in [4.69, 9.17) is 38.4 Å². The fourth-order valence-electron chi connectivity index (χ4n) is 15.0. The summed E-state index contributed by atoms with van der Waals surface area (Å²) in [6.45, 7) is 13.4. The monoisotopic (exact) mass is 1210 g/mol. The lowest BCUT2D eigenvalue weighted by molar-refractivity contribution is -0.384. The Balaban J connectivity index is 0.718. The molecule has 1 spiro atoms. The van der Waals surface area contributed by atoms with Crippen molar-refractivity contribution in [2.45, 2.75) is 107 Å². The number of aromatic nitrogens is 3. The van der Waals surface area contributed by atoms with Crippen molar-refractivity contribution in [2.24, 2.45) is 11.3 Å². The lowest BCUT2D eigenvalue weighted by Crippen LogP contribution is -2.59. The first-order valence-corrected chi connectivity index (χ1v) is 32.1. The molecule has 6 fully saturated rings. The summed E-state index contributed by atoms with van der Waals surface area (Å²) in [6, 6.07) is 20.3. The molecule has 1 saturated carbocycles. The van der Waals surface area contributed by atoms with Crippen LogP contribution in [-0.2, 0) is 30.8 Å². The number of halogens is 1. The van der Waals surface area contributed by atoms with Gasteiger partial charge >= 0.3 is 0 Å². The van der Waals surface area contributed by atoms with E-state index in [1.807, 2.05) is 23.2 Å². The minimum absolute atomic E-state index is 0.00490. The van der Waals surface area contributed by atoms with Crippen molar-refractivity contribution in [1.29, 1.82) is 0 Å². The van der Waals surface area contributed by atoms with Crippen molar-refractivity contribution < 1.29 is 50.9 Å². The molecule has 3 aromatic carbocycles. The van der Waals surface area contributed by atoms with E-state index in [1.165, 1.54) is 23.4 Å². The van der Waals surface area contributed by atoms with Gasteiger partial charge in [0.15, 0.2) is 23.0 Å². The minimum Gasteiger partial charge on any atom is -0.493 e. The number of aromatic amines is 1. The number of nitro benzene ring substituents is 1. The van der Waals surface area contributed by atoms with Gasteiger partial charge in [-0.3, -0.25) is 24.7 Å². The summed E-state index contributed by atoms with van der Waals surface area (Å²) in [5, 5.41) is 16.1. The van der Waals surface area contributed by atoms with Crippen molar-refractivity contribution in [3.63, 3.8) is 0 Å². The number of hydrogen-bond acceptors (Lipinski definition) is 19. The number of sulfonamides is 1. The number of H-pyrrole nitrogens is 1. The molecular formula is C63H74FN11O11S. The number of methoxy groups -OCH3 is 1. The molecule has 10 heterocycles. The van der Waals surface area contributed by atoms with Crippen LogP contribution < -0.4 is 38.9 Å². The Morgan fingerprint density at radius 3 is 2.53 bits per heavy atom. The number of nitro groups is 1. The smallest absolute Gasteiger partial charge is 0.297 e. The second kappa shape index (κ2) is 23.3. The number of hydrogen-bond donors (Lipinski definition) is 3. The summed E-state index contributed by atoms with van der Waals surface area (Å²) >= 11 is 0. The van der Waals surface area contributed by atoms with Crippen molar-refractivity contribution in [3.05, 3.63) is 117 Å². The number of pyridine rings is 2. The Morgan fingerprint density at radius 1 is 0.931 bits per heavy atom. The SMILES string of the molecule is COc1cc(CN2CCN(C3CC4(CCN(c5ccc(C(=O)NS(=O)(=O)c6cc7c(c([N+](=O)[O-])c6)N[C@H](C6CCOCC6)CO7)c(N6c7cc8c(F)c[nH]c8nc7O[C@H]7COCC[C@@H]76)c5)CC4)C3)[C@H](c3ccccc3C)C2)cnc1N1CCOC[C@@H]1C. The van der Waals surface area contributed by atoms with E-state index in [2.05, 4.69) is 78.8 Å². The maximum Gasteiger partial charge on any atom is 0.297 e. The maximum atomic E-state index is 15.5. The molecule has 0 bridgehead atoms. The third kappa shape index (κ3) is 10.9. The van der Waals surface area contributed by atoms with Crippen LogP contribution in [0.3, 0.4) is 0 Å². The molecule has 5 atom stereocenters. The highest BCUT2D eigenvalue weighted by Crippen LogP contribution is 2.54. The zero-order chi connectivity index (χ0) is 59.7. The standard InChI is InChI=1S/C63H74FN11O11S/c1-38-6-4-5-7-45(38)54-34-70(33-40-24-56(81-3)60(66-31-40)72-19-23-84-35-39(72)2)17-18-73(54)43-29-63(30-43)13-15-71(16-14-63)42-8-9-46(51(25-42)74-50-12-22-83-37-57(50)86-62-53(74)28-47-48(64)32-65-59(47)68-62)61(76)69-87(79,80)44-26-52(75(77)78)58-55(27-44)85-36-49(67-58)41-10-20-82-21-11-41/h4-9,24-28,31-32,39,41,43,49-50,54,57,67H,10-23,29-30,33-37H2,1-3H3,(H,65,68)(H,69,76)/t39-,49-,50-,54-,57-/m0/s1. The molecule has 3 N–H and O–H groups in total. The van der Waals surface area contributed by atoms with E-state index in [0.29, 0.717) is 56.9 Å². The molecule has 87 heavy (non-hydrogen) atoms. The van der Waals surface area contributed by atoms with Crippen LogP contribution in [0.4, 0.5) is 38.6 Å². The molecule has 24 heteroatoms. The van der Waals surface area contributed by atoms with E-state index >= 15 is 4.39 Å². The molecule has 0 unspecified atom stereocenters. The first-order chi connectivity index (χ1) is 42.2. The molecular weight excluding hydrogens is 1140 g/mol. The summed E-state index contributed by atoms with van der Waals surface area (Å²) < 4.78 is 82.3. The number of fused-ring (bicyclic) bond motifs is 4. The van der Waals surface area contributed by atoms with E-state index < -0.39 is 49.4 Å². The van der Waals surface area contributed by atoms with E-state index in [1.54, 1.807) is 19.2 Å². The number of anilines is 5. The number of carbonyl (C=O) groups is 1. The zero-order valence-electron chi connectivity index (χ0n) is 49.3. The van der Waals surface area contributed by atoms with Crippen molar-refractivity contribution >= 4 is 61.2 Å². The van der Waals surface area contributed by atoms with E-state index in [9.17, 15) is 23.3 Å². The molecule has 0 radical (unpaired) electrons. The second-order valence-corrected chi connectivity index (χ2v) is 26.6. The van der Waals surface area contributed by atoms with Crippen LogP contribution in [-0.4, -0.2) is 167 Å². The van der Waals surface area contributed by atoms with E-state index in [-0.39, 0.29) is 76.6 Å². The molecule has 1 amide bonds. The number of benzene rings is 3. The quantitative estimate of drug-likeness (QED) is 0.0729. The highest BCUT2D eigenvalue weighted by Gasteiger charge is 2.51. The van der Waals surface area contributed by atoms with Gasteiger partial charge < -0.3 is 53.4 Å². The summed E-state index contributed by atoms with van der Waals surface area (Å²) in [5.74, 6) is 0.489. The van der Waals surface area contributed by atoms with Gasteiger partial charge in [-0.15, -0.1) is 0 Å². The third-order valence-corrected chi connectivity index (χ3v) is 21.1. The van der Waals surface area contributed by atoms with Crippen LogP contribution in [0.15, 0.2) is 84.0 Å². The molecule has 460 valence electrons. The molecule has 7 aliphatic heterocycles. The number of amides is 1. The molecule has 14 rings (SSSR count). The van der Waals surface area contributed by atoms with Crippen LogP contribution in [0.25, 0.3) is 11.0 Å². The molecule has 5 saturated heterocycles. The van der Waals surface area contributed by atoms with Crippen LogP contribution in [0, 0.1) is 34.2 Å². The van der Waals surface area contributed by atoms with Gasteiger partial charge in [-0.1, -0.05) is 24.3 Å². The number of ether oxygens (including phenoxy) is 6. The molecule has 22 nitrogen and oxygen atoms in total. The molecule has 3 aromatic heterocycles. The summed E-state index contributed by atoms with van der Waals surface area (Å²) in [4.78, 5) is 50.8. The van der Waals surface area contributed by atoms with Crippen LogP contribution >= 0.6 is 0 Å². The van der Waals surface area contributed by atoms with E-state index in [0.717, 1.165) is 113 Å². The zero-order valence-corrected chi connectivity index (χ0v) is 50.1. The number of nitrogens with one attached hydrogen (secondary N) is 3. The van der Waals surface area contributed by atoms with Gasteiger partial charge in [-0.25, -0.2) is 22.5 Å². The number of piperidine rings is 1. The van der Waals surface area contributed by atoms with Crippen molar-refractivity contribution in [2.75, 3.05) is 113 Å². The summed E-state index contributed by atoms with van der Waals surface area (Å²) in [6.07, 6.45) is 8.74. The molecule has 8 aliphatic rings. The highest BCUT2D eigenvalue weighted by molar-refractivity contribution is 7.90. The summed E-state index contributed by atoms with van der Waals surface area (Å²) in [5.41, 5.74) is 5.39. The first-order valence-electron chi connectivity index (χ1n) is 30.6. The van der Waals surface area contributed by atoms with Crippen molar-refractivity contribution in [1.82, 2.24) is 29.5 Å². The Hall–Kier alpha value is -7.35. The topological polar surface area (TPSA) is 232 Å². The molecule has 1 aliphatic carbocycles. The van der Waals surface area contributed by atoms with Crippen LogP contribution in [0.5, 0.6) is 17.4 Å². The van der Waals surface area contributed by atoms with Gasteiger partial charge in [0, 0.05) is 108 Å². The number of nitrogens with zero attached hydrogens (tertiary/aromatic N) is 8. The Bertz CT molecular complexity index is 3720. The first kappa shape index (κ1) is 57.4. The second-order valence-electron chi connectivity index (χ2n) is 24.9. The normalized spacial score (nSPS) is 24.5. The number of piperazine rings is 1. The average Bonchev–Trinajstić information content (AvgIpc) is 2.09. The summed E-state index contributed by atoms with van der Waals surface area (Å²) in [7, 11) is -3.05. The van der Waals surface area contributed by atoms with Gasteiger partial charge in [-0.2, -0.15) is 4.98 Å². The maximum absolute atomic E-state index is 15.5. The fourth-order valence-corrected chi connectivity index (χ4v) is 16.0. The Morgan fingerprint density at radius 2 is 1.74 bits per heavy atom. The largest absolute Gasteiger partial charge is 0.493 e. The lowest BCUT2D eigenvalue weighted by atomic mass is 9.59. The lowest BCUT2D eigenvalue weighted by Gasteiger charge is -2.58. The van der Waals surface area contributed by atoms with Gasteiger partial charge in [-0.05, 0) is 117 Å². The van der Waals surface area contributed by atoms with Crippen LogP contribution in [0.1, 0.15) is 85.0 Å². The molecule has 6 aromatic rings. The van der Waals surface area contributed by atoms with Gasteiger partial charge in [0.2, 0.25) is 5.88 Å². The number of morpholine rings is 1. The third-order valence-electron chi connectivity index (χ3n) is 19.7. The van der Waals surface area contributed by atoms with Gasteiger partial charge in [0.25, 0.3) is 21.6 Å². The van der Waals surface area contributed by atoms with Crippen LogP contribution in [0.2, 0.25) is 0 Å². The number of rotatable bonds is 13. The van der Waals surface area contributed by atoms with Crippen molar-refractivity contribution in [3.8, 4) is 17.4 Å². The Kier molecular flexibility index (Phi) is 15.4. The van der Waals surface area contributed by atoms with Gasteiger partial charge in [0.1, 0.15) is 29.9 Å². The number of aryl methyl sites for hydroxylation is 1. The predicted octanol–water partition coefficient (Wildman–Crippen LogP) is 8.26. The Labute approximate surface area is 504 Å². The average molecular weight is 1210 g/mol. The number of carbonyl (C=O) groups excluding carboxylic acids is 1. The minimum atomic E-state index is -4.77. The predicted molar refractivity (Wildman–Crippen MR) is 324 cm³/mol. The van der Waals surface area contributed by atoms with Gasteiger partial charge in [0.05, 0.1) is 71.5 Å². The highest BCUT2D eigenvalue weighted by atomic mass is 32.2. The fraction of sp³-hybridized carbons (Fsp3) is 0.508.